The number of aromatic amines is 1. The molecule has 0 saturated heterocycles. The summed E-state index contributed by atoms with van der Waals surface area (Å²) >= 11 is 4.50. The van der Waals surface area contributed by atoms with Crippen molar-refractivity contribution in [3.63, 3.8) is 0 Å². The SMILES string of the molecule is Fc1cc(F)c2[nH]nc(Nc3nc(-c4ccccc4S)nc4ccccc34)c2c1. The summed E-state index contributed by atoms with van der Waals surface area (Å²) < 4.78 is 27.7. The third-order valence-corrected chi connectivity index (χ3v) is 4.96. The van der Waals surface area contributed by atoms with Crippen molar-refractivity contribution in [2.75, 3.05) is 5.32 Å². The molecule has 0 amide bonds. The van der Waals surface area contributed by atoms with Crippen molar-refractivity contribution in [3.05, 3.63) is 72.3 Å². The van der Waals surface area contributed by atoms with E-state index in [1.807, 2.05) is 48.5 Å². The van der Waals surface area contributed by atoms with Gasteiger partial charge in [0, 0.05) is 21.9 Å². The van der Waals surface area contributed by atoms with Crippen molar-refractivity contribution in [2.24, 2.45) is 0 Å². The van der Waals surface area contributed by atoms with Gasteiger partial charge in [-0.15, -0.1) is 12.6 Å². The van der Waals surface area contributed by atoms with Crippen molar-refractivity contribution in [1.29, 1.82) is 0 Å². The predicted molar refractivity (Wildman–Crippen MR) is 112 cm³/mol. The molecule has 0 unspecified atom stereocenters. The van der Waals surface area contributed by atoms with Gasteiger partial charge in [-0.1, -0.05) is 30.3 Å². The Labute approximate surface area is 169 Å². The molecule has 5 nitrogen and oxygen atoms in total. The number of para-hydroxylation sites is 1. The molecular formula is C21H13F2N5S. The minimum Gasteiger partial charge on any atom is -0.322 e. The van der Waals surface area contributed by atoms with Gasteiger partial charge in [0.25, 0.3) is 0 Å². The van der Waals surface area contributed by atoms with Crippen LogP contribution in [0, 0.1) is 11.6 Å². The summed E-state index contributed by atoms with van der Waals surface area (Å²) in [6, 6.07) is 17.0. The molecule has 0 aliphatic carbocycles. The average Bonchev–Trinajstić information content (AvgIpc) is 3.11. The molecule has 2 heterocycles. The van der Waals surface area contributed by atoms with Crippen LogP contribution < -0.4 is 5.32 Å². The summed E-state index contributed by atoms with van der Waals surface area (Å²) in [7, 11) is 0. The second-order valence-electron chi connectivity index (χ2n) is 6.44. The van der Waals surface area contributed by atoms with Crippen LogP contribution in [-0.4, -0.2) is 20.2 Å². The van der Waals surface area contributed by atoms with Crippen molar-refractivity contribution < 1.29 is 8.78 Å². The van der Waals surface area contributed by atoms with Crippen LogP contribution in [0.15, 0.2) is 65.6 Å². The average molecular weight is 405 g/mol. The Morgan fingerprint density at radius 2 is 1.66 bits per heavy atom. The van der Waals surface area contributed by atoms with Crippen LogP contribution in [0.25, 0.3) is 33.2 Å². The zero-order chi connectivity index (χ0) is 20.0. The van der Waals surface area contributed by atoms with Crippen molar-refractivity contribution in [2.45, 2.75) is 4.90 Å². The molecule has 0 atom stereocenters. The second-order valence-corrected chi connectivity index (χ2v) is 6.92. The fraction of sp³-hybridized carbons (Fsp3) is 0. The molecule has 5 aromatic rings. The zero-order valence-corrected chi connectivity index (χ0v) is 15.7. The second kappa shape index (κ2) is 6.82. The van der Waals surface area contributed by atoms with Gasteiger partial charge in [-0.2, -0.15) is 5.10 Å². The monoisotopic (exact) mass is 405 g/mol. The van der Waals surface area contributed by atoms with E-state index in [2.05, 4.69) is 38.1 Å². The van der Waals surface area contributed by atoms with Crippen molar-refractivity contribution in [3.8, 4) is 11.4 Å². The highest BCUT2D eigenvalue weighted by atomic mass is 32.1. The number of nitrogens with one attached hydrogen (secondary N) is 2. The molecule has 142 valence electrons. The fourth-order valence-electron chi connectivity index (χ4n) is 3.21. The number of anilines is 2. The molecule has 2 aromatic heterocycles. The molecule has 0 aliphatic heterocycles. The summed E-state index contributed by atoms with van der Waals surface area (Å²) in [5, 5.41) is 10.8. The third kappa shape index (κ3) is 3.07. The van der Waals surface area contributed by atoms with Gasteiger partial charge in [0.1, 0.15) is 17.2 Å². The molecule has 2 N–H and O–H groups in total. The normalized spacial score (nSPS) is 11.3. The molecule has 29 heavy (non-hydrogen) atoms. The smallest absolute Gasteiger partial charge is 0.163 e. The lowest BCUT2D eigenvalue weighted by atomic mass is 10.1. The first-order valence-corrected chi connectivity index (χ1v) is 9.20. The number of thiol groups is 1. The van der Waals surface area contributed by atoms with Crippen LogP contribution >= 0.6 is 12.6 Å². The number of halogens is 2. The molecule has 0 fully saturated rings. The number of nitrogens with zero attached hydrogens (tertiary/aromatic N) is 3. The molecular weight excluding hydrogens is 392 g/mol. The Morgan fingerprint density at radius 1 is 0.862 bits per heavy atom. The summed E-state index contributed by atoms with van der Waals surface area (Å²) in [6.45, 7) is 0. The van der Waals surface area contributed by atoms with E-state index in [9.17, 15) is 8.78 Å². The van der Waals surface area contributed by atoms with E-state index in [1.165, 1.54) is 6.07 Å². The standard InChI is InChI=1S/C21H13F2N5S/c22-11-9-14-18(15(23)10-11)27-28-21(14)26-19-12-5-1-3-7-16(12)24-20(25-19)13-6-2-4-8-17(13)29/h1-10,29H,(H2,24,25,26,27,28). The molecule has 0 spiro atoms. The van der Waals surface area contributed by atoms with Crippen LogP contribution in [0.3, 0.4) is 0 Å². The summed E-state index contributed by atoms with van der Waals surface area (Å²) in [4.78, 5) is 10.0. The van der Waals surface area contributed by atoms with Crippen LogP contribution in [-0.2, 0) is 0 Å². The lowest BCUT2D eigenvalue weighted by Gasteiger charge is -2.11. The number of fused-ring (bicyclic) bond motifs is 2. The van der Waals surface area contributed by atoms with Crippen LogP contribution in [0.4, 0.5) is 20.4 Å². The summed E-state index contributed by atoms with van der Waals surface area (Å²) in [6.07, 6.45) is 0. The highest BCUT2D eigenvalue weighted by Gasteiger charge is 2.16. The topological polar surface area (TPSA) is 66.5 Å². The van der Waals surface area contributed by atoms with E-state index >= 15 is 0 Å². The van der Waals surface area contributed by atoms with E-state index < -0.39 is 11.6 Å². The Bertz CT molecular complexity index is 1380. The number of hydrogen-bond donors (Lipinski definition) is 3. The highest BCUT2D eigenvalue weighted by Crippen LogP contribution is 2.32. The van der Waals surface area contributed by atoms with Crippen molar-refractivity contribution in [1.82, 2.24) is 20.2 Å². The lowest BCUT2D eigenvalue weighted by Crippen LogP contribution is -2.00. The maximum absolute atomic E-state index is 14.0. The van der Waals surface area contributed by atoms with Gasteiger partial charge in [-0.25, -0.2) is 18.7 Å². The summed E-state index contributed by atoms with van der Waals surface area (Å²) in [5.41, 5.74) is 1.61. The molecule has 0 radical (unpaired) electrons. The fourth-order valence-corrected chi connectivity index (χ4v) is 3.47. The van der Waals surface area contributed by atoms with Crippen molar-refractivity contribution >= 4 is 46.1 Å². The van der Waals surface area contributed by atoms with Gasteiger partial charge < -0.3 is 5.32 Å². The summed E-state index contributed by atoms with van der Waals surface area (Å²) in [5.74, 6) is -0.170. The Balaban J connectivity index is 1.70. The van der Waals surface area contributed by atoms with Gasteiger partial charge in [0.05, 0.1) is 10.9 Å². The van der Waals surface area contributed by atoms with E-state index in [0.29, 0.717) is 22.5 Å². The van der Waals surface area contributed by atoms with E-state index in [4.69, 9.17) is 0 Å². The number of aromatic nitrogens is 4. The molecule has 5 rings (SSSR count). The first-order chi connectivity index (χ1) is 14.1. The minimum absolute atomic E-state index is 0.119. The quantitative estimate of drug-likeness (QED) is 0.348. The Morgan fingerprint density at radius 3 is 2.52 bits per heavy atom. The maximum Gasteiger partial charge on any atom is 0.163 e. The van der Waals surface area contributed by atoms with Gasteiger partial charge >= 0.3 is 0 Å². The third-order valence-electron chi connectivity index (χ3n) is 4.57. The van der Waals surface area contributed by atoms with Crippen LogP contribution in [0.2, 0.25) is 0 Å². The lowest BCUT2D eigenvalue weighted by molar-refractivity contribution is 0.590. The Hall–Kier alpha value is -3.52. The molecule has 3 aromatic carbocycles. The number of benzene rings is 3. The number of rotatable bonds is 3. The first kappa shape index (κ1) is 17.6. The molecule has 0 aliphatic rings. The van der Waals surface area contributed by atoms with E-state index in [1.54, 1.807) is 0 Å². The van der Waals surface area contributed by atoms with Gasteiger partial charge in [0.2, 0.25) is 0 Å². The molecule has 0 bridgehead atoms. The van der Waals surface area contributed by atoms with Crippen LogP contribution in [0.5, 0.6) is 0 Å². The van der Waals surface area contributed by atoms with E-state index in [-0.39, 0.29) is 11.3 Å². The first-order valence-electron chi connectivity index (χ1n) is 8.75. The van der Waals surface area contributed by atoms with Gasteiger partial charge in [-0.3, -0.25) is 5.10 Å². The molecule has 8 heteroatoms. The molecule has 0 saturated carbocycles. The van der Waals surface area contributed by atoms with Gasteiger partial charge in [0.15, 0.2) is 17.5 Å². The van der Waals surface area contributed by atoms with E-state index in [0.717, 1.165) is 21.9 Å². The number of H-pyrrole nitrogens is 1. The Kier molecular flexibility index (Phi) is 4.13. The van der Waals surface area contributed by atoms with Gasteiger partial charge in [-0.05, 0) is 24.3 Å². The largest absolute Gasteiger partial charge is 0.322 e. The highest BCUT2D eigenvalue weighted by molar-refractivity contribution is 7.80. The van der Waals surface area contributed by atoms with Crippen LogP contribution in [0.1, 0.15) is 0 Å². The minimum atomic E-state index is -0.710. The zero-order valence-electron chi connectivity index (χ0n) is 14.8. The predicted octanol–water partition coefficient (Wildman–Crippen LogP) is 5.48. The maximum atomic E-state index is 14.0. The number of hydrogen-bond acceptors (Lipinski definition) is 5.